The van der Waals surface area contributed by atoms with Crippen molar-refractivity contribution in [2.75, 3.05) is 34.5 Å². The van der Waals surface area contributed by atoms with Gasteiger partial charge in [0.1, 0.15) is 0 Å². The number of aliphatic hydroxyl groups is 1. The van der Waals surface area contributed by atoms with E-state index in [9.17, 15) is 0 Å². The Morgan fingerprint density at radius 1 is 1.44 bits per heavy atom. The van der Waals surface area contributed by atoms with Crippen LogP contribution in [0.5, 0.6) is 0 Å². The van der Waals surface area contributed by atoms with Gasteiger partial charge in [0, 0.05) is 30.8 Å². The number of nitrogen functional groups attached to an aromatic ring is 1. The van der Waals surface area contributed by atoms with Gasteiger partial charge in [-0.05, 0) is 29.6 Å². The maximum Gasteiger partial charge on any atom is 0.186 e. The molecule has 0 fully saturated rings. The molecule has 1 aromatic carbocycles. The number of allylic oxidation sites excluding steroid dienone is 1. The van der Waals surface area contributed by atoms with Crippen LogP contribution in [0, 0.1) is 5.41 Å². The number of benzene rings is 1. The SMILES string of the molecule is CSN1c2ccc(CN(N)c3nc(/C(C=N)=C/NCCO)cnc3N)cc21. The summed E-state index contributed by atoms with van der Waals surface area (Å²) in [6, 6.07) is 6.16. The van der Waals surface area contributed by atoms with E-state index in [0.29, 0.717) is 30.2 Å². The highest BCUT2D eigenvalue weighted by atomic mass is 32.2. The summed E-state index contributed by atoms with van der Waals surface area (Å²) in [6.07, 6.45) is 6.26. The van der Waals surface area contributed by atoms with Crippen molar-refractivity contribution in [3.05, 3.63) is 41.9 Å². The smallest absolute Gasteiger partial charge is 0.186 e. The van der Waals surface area contributed by atoms with Gasteiger partial charge in [-0.2, -0.15) is 0 Å². The van der Waals surface area contributed by atoms with Crippen molar-refractivity contribution in [3.8, 4) is 0 Å². The average Bonchev–Trinajstić information content (AvgIpc) is 3.38. The van der Waals surface area contributed by atoms with E-state index in [1.165, 1.54) is 22.6 Å². The summed E-state index contributed by atoms with van der Waals surface area (Å²) in [6.45, 7) is 0.789. The van der Waals surface area contributed by atoms with E-state index in [4.69, 9.17) is 22.1 Å². The Bertz CT molecular complexity index is 872. The van der Waals surface area contributed by atoms with Crippen LogP contribution in [0.3, 0.4) is 0 Å². The van der Waals surface area contributed by atoms with Crippen molar-refractivity contribution in [2.45, 2.75) is 6.54 Å². The number of fused-ring (bicyclic) bond motifs is 1. The lowest BCUT2D eigenvalue weighted by atomic mass is 10.2. The molecular formula is C17H22N8OS. The minimum absolute atomic E-state index is 0.00817. The number of anilines is 4. The van der Waals surface area contributed by atoms with E-state index < -0.39 is 0 Å². The van der Waals surface area contributed by atoms with E-state index in [0.717, 1.165) is 11.8 Å². The number of nitrogens with zero attached hydrogens (tertiary/aromatic N) is 4. The number of hydrazine groups is 1. The Hall–Kier alpha value is -2.82. The minimum atomic E-state index is -0.00817. The molecule has 0 spiro atoms. The molecule has 3 rings (SSSR count). The largest absolute Gasteiger partial charge is 0.395 e. The third kappa shape index (κ3) is 4.13. The molecular weight excluding hydrogens is 364 g/mol. The number of hydrogen-bond donors (Lipinski definition) is 5. The average molecular weight is 386 g/mol. The number of nitrogens with one attached hydrogen (secondary N) is 2. The van der Waals surface area contributed by atoms with Gasteiger partial charge >= 0.3 is 0 Å². The van der Waals surface area contributed by atoms with Crippen LogP contribution in [0.2, 0.25) is 0 Å². The van der Waals surface area contributed by atoms with Crippen molar-refractivity contribution in [1.82, 2.24) is 15.3 Å². The second-order valence-corrected chi connectivity index (χ2v) is 6.54. The molecule has 0 atom stereocenters. The highest BCUT2D eigenvalue weighted by Gasteiger charge is 2.28. The fraction of sp³-hybridized carbons (Fsp3) is 0.235. The zero-order valence-corrected chi connectivity index (χ0v) is 15.7. The quantitative estimate of drug-likeness (QED) is 0.107. The number of aromatic nitrogens is 2. The van der Waals surface area contributed by atoms with E-state index in [1.807, 2.05) is 12.3 Å². The predicted octanol–water partition coefficient (Wildman–Crippen LogP) is 1.24. The first-order valence-corrected chi connectivity index (χ1v) is 9.44. The van der Waals surface area contributed by atoms with Gasteiger partial charge in [-0.3, -0.25) is 9.31 Å². The van der Waals surface area contributed by atoms with Crippen LogP contribution >= 0.6 is 11.9 Å². The molecule has 0 saturated heterocycles. The van der Waals surface area contributed by atoms with Crippen molar-refractivity contribution in [1.29, 1.82) is 5.41 Å². The summed E-state index contributed by atoms with van der Waals surface area (Å²) >= 11 is 1.66. The summed E-state index contributed by atoms with van der Waals surface area (Å²) in [5.41, 5.74) is 10.4. The van der Waals surface area contributed by atoms with Crippen LogP contribution < -0.4 is 26.2 Å². The molecule has 142 valence electrons. The molecule has 10 heteroatoms. The molecule has 7 N–H and O–H groups in total. The molecule has 0 saturated carbocycles. The summed E-state index contributed by atoms with van der Waals surface area (Å²) < 4.78 is 2.14. The zero-order valence-electron chi connectivity index (χ0n) is 14.9. The van der Waals surface area contributed by atoms with Crippen LogP contribution in [-0.4, -0.2) is 40.7 Å². The van der Waals surface area contributed by atoms with E-state index >= 15 is 0 Å². The Labute approximate surface area is 161 Å². The maximum absolute atomic E-state index is 8.85. The number of rotatable bonds is 9. The second-order valence-electron chi connectivity index (χ2n) is 5.81. The van der Waals surface area contributed by atoms with E-state index in [-0.39, 0.29) is 12.4 Å². The molecule has 0 aliphatic carbocycles. The van der Waals surface area contributed by atoms with Crippen LogP contribution in [0.4, 0.5) is 23.0 Å². The lowest BCUT2D eigenvalue weighted by Crippen LogP contribution is -2.32. The summed E-state index contributed by atoms with van der Waals surface area (Å²) in [5.74, 6) is 6.76. The van der Waals surface area contributed by atoms with Gasteiger partial charge in [0.25, 0.3) is 0 Å². The first kappa shape index (κ1) is 19.0. The molecule has 2 aromatic rings. The van der Waals surface area contributed by atoms with Gasteiger partial charge in [-0.25, -0.2) is 15.8 Å². The zero-order chi connectivity index (χ0) is 19.4. The van der Waals surface area contributed by atoms with Crippen LogP contribution in [0.15, 0.2) is 30.6 Å². The molecule has 0 radical (unpaired) electrons. The molecule has 27 heavy (non-hydrogen) atoms. The van der Waals surface area contributed by atoms with Crippen molar-refractivity contribution < 1.29 is 5.11 Å². The van der Waals surface area contributed by atoms with E-state index in [1.54, 1.807) is 18.1 Å². The number of nitrogens with two attached hydrogens (primary N) is 2. The molecule has 0 bridgehead atoms. The Balaban J connectivity index is 1.78. The maximum atomic E-state index is 8.85. The third-order valence-corrected chi connectivity index (χ3v) is 4.74. The summed E-state index contributed by atoms with van der Waals surface area (Å²) in [5, 5.41) is 20.8. The summed E-state index contributed by atoms with van der Waals surface area (Å²) in [7, 11) is 0. The first-order valence-electron chi connectivity index (χ1n) is 8.26. The fourth-order valence-electron chi connectivity index (χ4n) is 2.61. The van der Waals surface area contributed by atoms with Crippen LogP contribution in [0.25, 0.3) is 5.57 Å². The highest BCUT2D eigenvalue weighted by molar-refractivity contribution is 8.00. The van der Waals surface area contributed by atoms with Crippen molar-refractivity contribution >= 4 is 46.7 Å². The van der Waals surface area contributed by atoms with Gasteiger partial charge in [0.15, 0.2) is 11.6 Å². The van der Waals surface area contributed by atoms with Gasteiger partial charge in [0.05, 0.1) is 36.4 Å². The highest BCUT2D eigenvalue weighted by Crippen LogP contribution is 2.52. The Morgan fingerprint density at radius 2 is 2.26 bits per heavy atom. The Kier molecular flexibility index (Phi) is 5.79. The fourth-order valence-corrected chi connectivity index (χ4v) is 3.27. The predicted molar refractivity (Wildman–Crippen MR) is 111 cm³/mol. The minimum Gasteiger partial charge on any atom is -0.395 e. The molecule has 2 heterocycles. The molecule has 0 amide bonds. The first-order chi connectivity index (χ1) is 13.1. The van der Waals surface area contributed by atoms with Gasteiger partial charge in [0.2, 0.25) is 0 Å². The molecule has 1 aromatic heterocycles. The molecule has 1 aliphatic rings. The topological polar surface area (TPSA) is 140 Å². The standard InChI is InChI=1S/C17H22N8OS/c1-27-25-14-3-2-11(6-15(14)25)10-24(20)17-16(19)22-9-13(23-17)12(7-18)8-21-4-5-26/h2-3,6-9,18,21,26H,4-5,10,20H2,1H3,(H2,19,22)/b12-8+,18-7?. The lowest BCUT2D eigenvalue weighted by molar-refractivity contribution is 0.298. The Morgan fingerprint density at radius 3 is 2.96 bits per heavy atom. The molecule has 9 nitrogen and oxygen atoms in total. The second kappa shape index (κ2) is 8.25. The lowest BCUT2D eigenvalue weighted by Gasteiger charge is -2.19. The van der Waals surface area contributed by atoms with Crippen LogP contribution in [0.1, 0.15) is 11.3 Å². The van der Waals surface area contributed by atoms with Crippen molar-refractivity contribution in [3.63, 3.8) is 0 Å². The van der Waals surface area contributed by atoms with Gasteiger partial charge < -0.3 is 21.6 Å². The van der Waals surface area contributed by atoms with Gasteiger partial charge in [-0.1, -0.05) is 6.07 Å². The van der Waals surface area contributed by atoms with Crippen LogP contribution in [-0.2, 0) is 6.54 Å². The third-order valence-electron chi connectivity index (χ3n) is 3.98. The monoisotopic (exact) mass is 386 g/mol. The summed E-state index contributed by atoms with van der Waals surface area (Å²) in [4.78, 5) is 8.61. The molecule has 0 unspecified atom stereocenters. The normalized spacial score (nSPS) is 12.6. The van der Waals surface area contributed by atoms with Crippen molar-refractivity contribution in [2.24, 2.45) is 5.84 Å². The van der Waals surface area contributed by atoms with E-state index in [2.05, 4.69) is 31.7 Å². The number of aliphatic hydroxyl groups excluding tert-OH is 1. The number of hydrogen-bond acceptors (Lipinski definition) is 10. The molecule has 1 aliphatic heterocycles. The van der Waals surface area contributed by atoms with Gasteiger partial charge in [-0.15, -0.1) is 0 Å².